The molecule has 0 fully saturated rings. The van der Waals surface area contributed by atoms with Crippen molar-refractivity contribution in [1.29, 1.82) is 0 Å². The van der Waals surface area contributed by atoms with Gasteiger partial charge in [0.15, 0.2) is 0 Å². The van der Waals surface area contributed by atoms with Gasteiger partial charge in [-0.2, -0.15) is 0 Å². The molecule has 6 heteroatoms. The first-order valence-corrected chi connectivity index (χ1v) is 12.5. The minimum Gasteiger partial charge on any atom is -0.295 e. The van der Waals surface area contributed by atoms with E-state index in [2.05, 4.69) is 0 Å². The summed E-state index contributed by atoms with van der Waals surface area (Å²) in [6, 6.07) is 27.7. The summed E-state index contributed by atoms with van der Waals surface area (Å²) in [4.78, 5) is 37.5. The van der Waals surface area contributed by atoms with Gasteiger partial charge in [0, 0.05) is 57.5 Å². The molecule has 0 bridgehead atoms. The smallest absolute Gasteiger partial charge is 0.259 e. The number of hydrogen-bond donors (Lipinski definition) is 0. The van der Waals surface area contributed by atoms with Gasteiger partial charge < -0.3 is 0 Å². The van der Waals surface area contributed by atoms with E-state index in [1.165, 1.54) is 0 Å². The van der Waals surface area contributed by atoms with E-state index < -0.39 is 0 Å². The lowest BCUT2D eigenvalue weighted by Gasteiger charge is -2.20. The van der Waals surface area contributed by atoms with Crippen molar-refractivity contribution in [3.05, 3.63) is 106 Å². The van der Waals surface area contributed by atoms with Crippen LogP contribution >= 0.6 is 0 Å². The average molecular weight is 493 g/mol. The second-order valence-corrected chi connectivity index (χ2v) is 9.92. The van der Waals surface area contributed by atoms with E-state index in [0.29, 0.717) is 22.1 Å². The maximum Gasteiger partial charge on any atom is 0.259 e. The lowest BCUT2D eigenvalue weighted by Crippen LogP contribution is -2.22. The predicted molar refractivity (Wildman–Crippen MR) is 153 cm³/mol. The second-order valence-electron chi connectivity index (χ2n) is 9.92. The minimum absolute atomic E-state index is 0.137. The highest BCUT2D eigenvalue weighted by molar-refractivity contribution is 6.35. The normalized spacial score (nSPS) is 12.2. The third kappa shape index (κ3) is 2.61. The monoisotopic (exact) mass is 492 g/mol. The molecule has 0 aliphatic carbocycles. The van der Waals surface area contributed by atoms with Crippen LogP contribution in [-0.4, -0.2) is 19.1 Å². The first-order chi connectivity index (χ1) is 18.5. The molecule has 4 heterocycles. The van der Waals surface area contributed by atoms with Gasteiger partial charge in [-0.05, 0) is 35.0 Å². The van der Waals surface area contributed by atoms with E-state index in [0.717, 1.165) is 54.8 Å². The van der Waals surface area contributed by atoms with Crippen LogP contribution in [0.3, 0.4) is 0 Å². The molecule has 0 atom stereocenters. The van der Waals surface area contributed by atoms with Crippen LogP contribution in [0.15, 0.2) is 94.5 Å². The molecule has 180 valence electrons. The molecule has 0 amide bonds. The topological polar surface area (TPSA) is 69.8 Å². The Morgan fingerprint density at radius 3 is 1.32 bits per heavy atom. The van der Waals surface area contributed by atoms with Gasteiger partial charge in [0.2, 0.25) is 0 Å². The summed E-state index contributed by atoms with van der Waals surface area (Å²) in [5, 5.41) is 6.27. The second kappa shape index (κ2) is 7.23. The molecule has 6 nitrogen and oxygen atoms in total. The maximum absolute atomic E-state index is 13.8. The molecule has 0 aliphatic heterocycles. The van der Waals surface area contributed by atoms with Crippen LogP contribution in [0.25, 0.3) is 76.9 Å². The van der Waals surface area contributed by atoms with Crippen LogP contribution in [-0.2, 0) is 14.1 Å². The zero-order valence-electron chi connectivity index (χ0n) is 20.7. The van der Waals surface area contributed by atoms with Crippen LogP contribution < -0.4 is 11.1 Å². The fraction of sp³-hybridized carbons (Fsp3) is 0.0625. The molecule has 0 saturated carbocycles. The lowest BCUT2D eigenvalue weighted by molar-refractivity contribution is 0.898. The summed E-state index contributed by atoms with van der Waals surface area (Å²) >= 11 is 0. The molecule has 38 heavy (non-hydrogen) atoms. The fourth-order valence-corrected chi connectivity index (χ4v) is 5.98. The maximum atomic E-state index is 13.8. The van der Waals surface area contributed by atoms with Crippen molar-refractivity contribution >= 4 is 54.4 Å². The number of nitrogens with zero attached hydrogens (tertiary/aromatic N) is 4. The number of aryl methyl sites for hydroxylation is 2. The quantitative estimate of drug-likeness (QED) is 0.224. The van der Waals surface area contributed by atoms with Crippen LogP contribution in [0.5, 0.6) is 0 Å². The highest BCUT2D eigenvalue weighted by atomic mass is 16.1. The van der Waals surface area contributed by atoms with Gasteiger partial charge in [-0.25, -0.2) is 9.97 Å². The molecule has 8 rings (SSSR count). The Hall–Kier alpha value is -5.10. The van der Waals surface area contributed by atoms with E-state index in [1.54, 1.807) is 23.2 Å². The van der Waals surface area contributed by atoms with Crippen molar-refractivity contribution in [2.45, 2.75) is 0 Å². The van der Waals surface area contributed by atoms with Crippen LogP contribution in [0.2, 0.25) is 0 Å². The van der Waals surface area contributed by atoms with Gasteiger partial charge >= 0.3 is 0 Å². The molecule has 4 aromatic heterocycles. The van der Waals surface area contributed by atoms with Crippen molar-refractivity contribution < 1.29 is 0 Å². The van der Waals surface area contributed by atoms with Crippen molar-refractivity contribution in [3.63, 3.8) is 0 Å². The minimum atomic E-state index is -0.137. The van der Waals surface area contributed by atoms with E-state index in [1.807, 2.05) is 84.9 Å². The summed E-state index contributed by atoms with van der Waals surface area (Å²) in [6.07, 6.45) is 0. The Morgan fingerprint density at radius 2 is 0.921 bits per heavy atom. The summed E-state index contributed by atoms with van der Waals surface area (Å²) < 4.78 is 3.25. The largest absolute Gasteiger partial charge is 0.295 e. The van der Waals surface area contributed by atoms with Crippen molar-refractivity contribution in [2.75, 3.05) is 0 Å². The molecule has 0 saturated heterocycles. The fourth-order valence-electron chi connectivity index (χ4n) is 5.98. The van der Waals surface area contributed by atoms with Crippen LogP contribution in [0, 0.1) is 0 Å². The van der Waals surface area contributed by atoms with Gasteiger partial charge in [-0.3, -0.25) is 18.7 Å². The van der Waals surface area contributed by atoms with Crippen molar-refractivity contribution in [3.8, 4) is 22.5 Å². The van der Waals surface area contributed by atoms with E-state index in [9.17, 15) is 9.59 Å². The first kappa shape index (κ1) is 21.0. The summed E-state index contributed by atoms with van der Waals surface area (Å²) in [5.74, 6) is 0. The molecule has 0 spiro atoms. The zero-order valence-corrected chi connectivity index (χ0v) is 20.7. The van der Waals surface area contributed by atoms with E-state index in [4.69, 9.17) is 9.97 Å². The highest BCUT2D eigenvalue weighted by Gasteiger charge is 2.24. The molecule has 4 aromatic carbocycles. The summed E-state index contributed by atoms with van der Waals surface area (Å²) in [6.45, 7) is 0. The Balaban J connectivity index is 1.63. The molecule has 0 radical (unpaired) electrons. The molecule has 8 aromatic rings. The standard InChI is InChI=1S/C32H20N4O2/c1-35-29-25-19(15-23(33-29)17-9-5-3-6-10-17)14-22-28-26-20(13-21(27(25)28)31(35)37)16-24(18-11-7-4-8-12-18)34-30(26)36(2)32(22)38/h3-16H,1-2H3. The lowest BCUT2D eigenvalue weighted by atomic mass is 9.90. The zero-order chi connectivity index (χ0) is 25.7. The molecular formula is C32H20N4O2. The Kier molecular flexibility index (Phi) is 4.00. The average Bonchev–Trinajstić information content (AvgIpc) is 2.97. The highest BCUT2D eigenvalue weighted by Crippen LogP contribution is 2.42. The Bertz CT molecular complexity index is 2170. The van der Waals surface area contributed by atoms with Crippen LogP contribution in [0.4, 0.5) is 0 Å². The van der Waals surface area contributed by atoms with Gasteiger partial charge in [-0.1, -0.05) is 60.7 Å². The molecule has 0 unspecified atom stereocenters. The summed E-state index contributed by atoms with van der Waals surface area (Å²) in [5.41, 5.74) is 4.35. The van der Waals surface area contributed by atoms with Crippen LogP contribution in [0.1, 0.15) is 0 Å². The van der Waals surface area contributed by atoms with Gasteiger partial charge in [0.05, 0.1) is 11.4 Å². The molecule has 0 aliphatic rings. The van der Waals surface area contributed by atoms with Crippen molar-refractivity contribution in [2.24, 2.45) is 14.1 Å². The van der Waals surface area contributed by atoms with E-state index in [-0.39, 0.29) is 11.1 Å². The Labute approximate surface area is 215 Å². The Morgan fingerprint density at radius 1 is 0.526 bits per heavy atom. The van der Waals surface area contributed by atoms with Gasteiger partial charge in [0.25, 0.3) is 11.1 Å². The number of rotatable bonds is 2. The third-order valence-corrected chi connectivity index (χ3v) is 7.79. The van der Waals surface area contributed by atoms with Crippen molar-refractivity contribution in [1.82, 2.24) is 19.1 Å². The number of benzene rings is 4. The van der Waals surface area contributed by atoms with Gasteiger partial charge in [-0.15, -0.1) is 0 Å². The molecular weight excluding hydrogens is 472 g/mol. The number of hydrogen-bond acceptors (Lipinski definition) is 4. The van der Waals surface area contributed by atoms with E-state index >= 15 is 0 Å². The SMILES string of the molecule is Cn1c(=O)c2cc3cc(-c4ccccc4)nc4c3c3c(cc5cc(-c6ccccc6)nc1c5c23)c(=O)n4C. The number of aromatic nitrogens is 4. The third-order valence-electron chi connectivity index (χ3n) is 7.79. The number of pyridine rings is 4. The summed E-state index contributed by atoms with van der Waals surface area (Å²) in [7, 11) is 3.54. The molecule has 0 N–H and O–H groups in total. The van der Waals surface area contributed by atoms with Gasteiger partial charge in [0.1, 0.15) is 11.3 Å². The first-order valence-electron chi connectivity index (χ1n) is 12.5. The predicted octanol–water partition coefficient (Wildman–Crippen LogP) is 5.85.